The van der Waals surface area contributed by atoms with Gasteiger partial charge in [-0.05, 0) is 41.7 Å². The van der Waals surface area contributed by atoms with E-state index in [1.807, 2.05) is 0 Å². The van der Waals surface area contributed by atoms with Gasteiger partial charge >= 0.3 is 0 Å². The van der Waals surface area contributed by atoms with Crippen molar-refractivity contribution in [1.29, 1.82) is 0 Å². The molecule has 1 aliphatic heterocycles. The number of aryl methyl sites for hydroxylation is 1. The molecular formula is C21H27N. The Morgan fingerprint density at radius 1 is 0.909 bits per heavy atom. The first kappa shape index (κ1) is 15.1. The van der Waals surface area contributed by atoms with Crippen LogP contribution in [0.15, 0.2) is 42.5 Å². The summed E-state index contributed by atoms with van der Waals surface area (Å²) in [5.74, 6) is 0. The number of rotatable bonds is 4. The Morgan fingerprint density at radius 2 is 1.64 bits per heavy atom. The number of benzene rings is 2. The molecule has 1 nitrogen and oxygen atoms in total. The smallest absolute Gasteiger partial charge is 0.0449 e. The van der Waals surface area contributed by atoms with Crippen LogP contribution in [0.4, 0.5) is 11.4 Å². The maximum atomic E-state index is 2.44. The molecule has 0 aromatic heterocycles. The number of para-hydroxylation sites is 1. The minimum absolute atomic E-state index is 0.0687. The van der Waals surface area contributed by atoms with Crippen molar-refractivity contribution >= 4 is 11.4 Å². The third kappa shape index (κ3) is 2.43. The van der Waals surface area contributed by atoms with Gasteiger partial charge in [0.2, 0.25) is 0 Å². The number of hydrogen-bond acceptors (Lipinski definition) is 1. The molecule has 0 saturated heterocycles. The molecule has 116 valence electrons. The molecule has 2 aromatic rings. The average molecular weight is 293 g/mol. The second-order valence-corrected chi connectivity index (χ2v) is 7.01. The third-order valence-electron chi connectivity index (χ3n) is 5.10. The van der Waals surface area contributed by atoms with Gasteiger partial charge in [0.25, 0.3) is 0 Å². The van der Waals surface area contributed by atoms with Crippen LogP contribution in [0.3, 0.4) is 0 Å². The van der Waals surface area contributed by atoms with E-state index >= 15 is 0 Å². The molecule has 0 N–H and O–H groups in total. The van der Waals surface area contributed by atoms with E-state index in [1.165, 1.54) is 53.7 Å². The van der Waals surface area contributed by atoms with E-state index in [0.29, 0.717) is 0 Å². The largest absolute Gasteiger partial charge is 0.344 e. The summed E-state index contributed by atoms with van der Waals surface area (Å²) in [7, 11) is 2.18. The molecule has 0 aliphatic carbocycles. The van der Waals surface area contributed by atoms with Crippen molar-refractivity contribution in [3.8, 4) is 0 Å². The molecule has 0 radical (unpaired) electrons. The summed E-state index contributed by atoms with van der Waals surface area (Å²) in [5.41, 5.74) is 7.12. The standard InChI is InChI=1S/C21H27N/c1-5-6-7-10-16-13-14-20-18(15-16)21(2,3)17-11-8-9-12-19(17)22(20)4/h8-9,11-15H,5-7,10H2,1-4H3. The number of unbranched alkanes of at least 4 members (excludes halogenated alkanes) is 2. The molecule has 0 fully saturated rings. The van der Waals surface area contributed by atoms with Crippen molar-refractivity contribution in [1.82, 2.24) is 0 Å². The van der Waals surface area contributed by atoms with Crippen LogP contribution in [0.5, 0.6) is 0 Å². The van der Waals surface area contributed by atoms with Crippen LogP contribution >= 0.6 is 0 Å². The molecule has 1 heterocycles. The monoisotopic (exact) mass is 293 g/mol. The highest BCUT2D eigenvalue weighted by molar-refractivity contribution is 5.77. The molecule has 22 heavy (non-hydrogen) atoms. The van der Waals surface area contributed by atoms with E-state index < -0.39 is 0 Å². The first-order chi connectivity index (χ1) is 10.6. The van der Waals surface area contributed by atoms with Gasteiger partial charge in [0.1, 0.15) is 0 Å². The van der Waals surface area contributed by atoms with E-state index in [-0.39, 0.29) is 5.41 Å². The van der Waals surface area contributed by atoms with Gasteiger partial charge in [-0.15, -0.1) is 0 Å². The fraction of sp³-hybridized carbons (Fsp3) is 0.429. The summed E-state index contributed by atoms with van der Waals surface area (Å²) in [6, 6.07) is 15.9. The topological polar surface area (TPSA) is 3.24 Å². The summed E-state index contributed by atoms with van der Waals surface area (Å²) < 4.78 is 0. The van der Waals surface area contributed by atoms with Gasteiger partial charge in [-0.2, -0.15) is 0 Å². The zero-order valence-corrected chi connectivity index (χ0v) is 14.3. The Hall–Kier alpha value is -1.76. The lowest BCUT2D eigenvalue weighted by Crippen LogP contribution is -2.30. The molecule has 3 rings (SSSR count). The Balaban J connectivity index is 2.03. The summed E-state index contributed by atoms with van der Waals surface area (Å²) in [6.07, 6.45) is 5.10. The zero-order chi connectivity index (χ0) is 15.7. The minimum Gasteiger partial charge on any atom is -0.344 e. The van der Waals surface area contributed by atoms with Gasteiger partial charge < -0.3 is 4.90 Å². The molecule has 1 aliphatic rings. The van der Waals surface area contributed by atoms with Crippen LogP contribution in [0.2, 0.25) is 0 Å². The summed E-state index contributed by atoms with van der Waals surface area (Å²) >= 11 is 0. The highest BCUT2D eigenvalue weighted by Crippen LogP contribution is 2.48. The number of fused-ring (bicyclic) bond motifs is 2. The third-order valence-corrected chi connectivity index (χ3v) is 5.10. The molecule has 0 unspecified atom stereocenters. The van der Waals surface area contributed by atoms with Crippen LogP contribution in [0.1, 0.15) is 56.7 Å². The van der Waals surface area contributed by atoms with E-state index in [9.17, 15) is 0 Å². The maximum Gasteiger partial charge on any atom is 0.0449 e. The van der Waals surface area contributed by atoms with Gasteiger partial charge in [-0.3, -0.25) is 0 Å². The second kappa shape index (κ2) is 5.79. The van der Waals surface area contributed by atoms with E-state index in [0.717, 1.165) is 0 Å². The number of anilines is 2. The van der Waals surface area contributed by atoms with Gasteiger partial charge in [0.15, 0.2) is 0 Å². The summed E-state index contributed by atoms with van der Waals surface area (Å²) in [6.45, 7) is 6.98. The Bertz CT molecular complexity index is 669. The highest BCUT2D eigenvalue weighted by atomic mass is 15.1. The first-order valence-electron chi connectivity index (χ1n) is 8.52. The molecule has 2 aromatic carbocycles. The van der Waals surface area contributed by atoms with E-state index in [2.05, 4.69) is 75.2 Å². The van der Waals surface area contributed by atoms with Crippen LogP contribution in [0, 0.1) is 0 Å². The SMILES string of the molecule is CCCCCc1ccc2c(c1)C(C)(C)c1ccccc1N2C. The molecular weight excluding hydrogens is 266 g/mol. The lowest BCUT2D eigenvalue weighted by atomic mass is 9.73. The van der Waals surface area contributed by atoms with Crippen molar-refractivity contribution in [3.63, 3.8) is 0 Å². The summed E-state index contributed by atoms with van der Waals surface area (Å²) in [5, 5.41) is 0. The van der Waals surface area contributed by atoms with Gasteiger partial charge in [0, 0.05) is 23.8 Å². The van der Waals surface area contributed by atoms with Crippen molar-refractivity contribution in [3.05, 3.63) is 59.2 Å². The van der Waals surface area contributed by atoms with Crippen LogP contribution < -0.4 is 4.90 Å². The molecule has 0 saturated carbocycles. The lowest BCUT2D eigenvalue weighted by molar-refractivity contribution is 0.627. The Kier molecular flexibility index (Phi) is 3.99. The second-order valence-electron chi connectivity index (χ2n) is 7.01. The van der Waals surface area contributed by atoms with Crippen molar-refractivity contribution in [2.45, 2.75) is 51.9 Å². The Labute approximate surface area is 135 Å². The first-order valence-corrected chi connectivity index (χ1v) is 8.52. The fourth-order valence-electron chi connectivity index (χ4n) is 3.68. The quantitative estimate of drug-likeness (QED) is 0.641. The predicted molar refractivity (Wildman–Crippen MR) is 96.3 cm³/mol. The lowest BCUT2D eigenvalue weighted by Gasteiger charge is -2.40. The van der Waals surface area contributed by atoms with E-state index in [4.69, 9.17) is 0 Å². The Morgan fingerprint density at radius 3 is 2.41 bits per heavy atom. The van der Waals surface area contributed by atoms with Crippen molar-refractivity contribution in [2.75, 3.05) is 11.9 Å². The predicted octanol–water partition coefficient (Wildman–Crippen LogP) is 5.83. The summed E-state index contributed by atoms with van der Waals surface area (Å²) in [4.78, 5) is 2.34. The van der Waals surface area contributed by atoms with Crippen molar-refractivity contribution in [2.24, 2.45) is 0 Å². The number of hydrogen-bond donors (Lipinski definition) is 0. The van der Waals surface area contributed by atoms with Crippen molar-refractivity contribution < 1.29 is 0 Å². The maximum absolute atomic E-state index is 2.44. The molecule has 0 amide bonds. The average Bonchev–Trinajstić information content (AvgIpc) is 2.53. The van der Waals surface area contributed by atoms with Crippen LogP contribution in [-0.4, -0.2) is 7.05 Å². The molecule has 1 heteroatoms. The van der Waals surface area contributed by atoms with Gasteiger partial charge in [-0.25, -0.2) is 0 Å². The van der Waals surface area contributed by atoms with Crippen LogP contribution in [-0.2, 0) is 11.8 Å². The fourth-order valence-corrected chi connectivity index (χ4v) is 3.68. The molecule has 0 spiro atoms. The molecule has 0 atom stereocenters. The zero-order valence-electron chi connectivity index (χ0n) is 14.3. The highest BCUT2D eigenvalue weighted by Gasteiger charge is 2.34. The normalized spacial score (nSPS) is 15.4. The van der Waals surface area contributed by atoms with Gasteiger partial charge in [-0.1, -0.05) is 63.9 Å². The molecule has 0 bridgehead atoms. The number of nitrogens with zero attached hydrogens (tertiary/aromatic N) is 1. The van der Waals surface area contributed by atoms with Crippen LogP contribution in [0.25, 0.3) is 0 Å². The van der Waals surface area contributed by atoms with E-state index in [1.54, 1.807) is 0 Å². The minimum atomic E-state index is 0.0687. The van der Waals surface area contributed by atoms with Gasteiger partial charge in [0.05, 0.1) is 0 Å².